The first-order chi connectivity index (χ1) is 7.66. The van der Waals surface area contributed by atoms with Crippen LogP contribution in [-0.4, -0.2) is 34.9 Å². The summed E-state index contributed by atoms with van der Waals surface area (Å²) < 4.78 is 11.9. The van der Waals surface area contributed by atoms with E-state index >= 15 is 0 Å². The smallest absolute Gasteiger partial charge is 0.151 e. The summed E-state index contributed by atoms with van der Waals surface area (Å²) in [6.07, 6.45) is 4.16. The SMILES string of the molecule is [B]c1ccc(S(=O)c2cnc([B])cn2)nc1. The predicted octanol–water partition coefficient (Wildman–Crippen LogP) is -1.37. The van der Waals surface area contributed by atoms with Crippen molar-refractivity contribution in [3.63, 3.8) is 0 Å². The lowest BCUT2D eigenvalue weighted by Crippen LogP contribution is -2.11. The molecule has 0 spiro atoms. The van der Waals surface area contributed by atoms with Gasteiger partial charge in [0.1, 0.15) is 31.5 Å². The molecule has 0 aliphatic rings. The molecular formula is C9H5B2N3OS. The van der Waals surface area contributed by atoms with Gasteiger partial charge in [-0.05, 0) is 6.07 Å². The van der Waals surface area contributed by atoms with Gasteiger partial charge in [0.05, 0.1) is 6.20 Å². The second-order valence-corrected chi connectivity index (χ2v) is 4.35. The van der Waals surface area contributed by atoms with Gasteiger partial charge in [0.2, 0.25) is 0 Å². The molecule has 1 atom stereocenters. The van der Waals surface area contributed by atoms with Crippen LogP contribution >= 0.6 is 0 Å². The molecule has 2 aromatic rings. The molecule has 0 aliphatic heterocycles. The minimum atomic E-state index is -1.46. The lowest BCUT2D eigenvalue weighted by Gasteiger charge is -2.01. The molecule has 4 radical (unpaired) electrons. The van der Waals surface area contributed by atoms with Gasteiger partial charge in [-0.2, -0.15) is 0 Å². The zero-order chi connectivity index (χ0) is 11.5. The fraction of sp³-hybridized carbons (Fsp3) is 0. The molecule has 16 heavy (non-hydrogen) atoms. The van der Waals surface area contributed by atoms with Crippen LogP contribution in [0.4, 0.5) is 0 Å². The van der Waals surface area contributed by atoms with E-state index in [2.05, 4.69) is 15.0 Å². The van der Waals surface area contributed by atoms with Gasteiger partial charge in [-0.1, -0.05) is 11.5 Å². The first-order valence-corrected chi connectivity index (χ1v) is 5.52. The van der Waals surface area contributed by atoms with Crippen molar-refractivity contribution in [1.82, 2.24) is 15.0 Å². The average Bonchev–Trinajstić information content (AvgIpc) is 2.30. The Morgan fingerprint density at radius 3 is 2.25 bits per heavy atom. The molecule has 2 rings (SSSR count). The molecule has 0 aliphatic carbocycles. The molecule has 0 fully saturated rings. The van der Waals surface area contributed by atoms with Crippen LogP contribution < -0.4 is 11.1 Å². The fourth-order valence-electron chi connectivity index (χ4n) is 1.03. The number of rotatable bonds is 2. The zero-order valence-corrected chi connectivity index (χ0v) is 9.02. The highest BCUT2D eigenvalue weighted by Crippen LogP contribution is 2.08. The summed E-state index contributed by atoms with van der Waals surface area (Å²) in [7, 11) is 9.40. The van der Waals surface area contributed by atoms with Crippen LogP contribution in [0.3, 0.4) is 0 Å². The molecule has 0 N–H and O–H groups in total. The molecule has 7 heteroatoms. The van der Waals surface area contributed by atoms with E-state index in [1.165, 1.54) is 18.6 Å². The highest BCUT2D eigenvalue weighted by Gasteiger charge is 2.09. The summed E-state index contributed by atoms with van der Waals surface area (Å²) in [4.78, 5) is 11.7. The normalized spacial score (nSPS) is 12.2. The van der Waals surface area contributed by atoms with Crippen LogP contribution in [0.2, 0.25) is 0 Å². The van der Waals surface area contributed by atoms with Gasteiger partial charge in [0, 0.05) is 18.0 Å². The van der Waals surface area contributed by atoms with E-state index in [1.807, 2.05) is 0 Å². The van der Waals surface area contributed by atoms with E-state index < -0.39 is 10.8 Å². The Bertz CT molecular complexity index is 468. The largest absolute Gasteiger partial charge is 0.268 e. The maximum absolute atomic E-state index is 11.9. The molecule has 0 bridgehead atoms. The van der Waals surface area contributed by atoms with E-state index in [4.69, 9.17) is 15.7 Å². The van der Waals surface area contributed by atoms with Crippen molar-refractivity contribution in [2.24, 2.45) is 0 Å². The van der Waals surface area contributed by atoms with Gasteiger partial charge in [-0.25, -0.2) is 14.2 Å². The zero-order valence-electron chi connectivity index (χ0n) is 8.20. The number of nitrogens with zero attached hydrogens (tertiary/aromatic N) is 3. The van der Waals surface area contributed by atoms with E-state index in [0.29, 0.717) is 15.5 Å². The lowest BCUT2D eigenvalue weighted by atomic mass is 9.99. The van der Waals surface area contributed by atoms with Crippen LogP contribution in [0.15, 0.2) is 40.8 Å². The minimum absolute atomic E-state index is 0.283. The number of aromatic nitrogens is 3. The van der Waals surface area contributed by atoms with E-state index in [1.54, 1.807) is 12.1 Å². The molecule has 2 heterocycles. The molecule has 0 aromatic carbocycles. The van der Waals surface area contributed by atoms with Gasteiger partial charge in [-0.3, -0.25) is 4.98 Å². The molecule has 0 saturated carbocycles. The Labute approximate surface area is 97.8 Å². The van der Waals surface area contributed by atoms with Crippen LogP contribution in [-0.2, 0) is 10.8 Å². The van der Waals surface area contributed by atoms with Crippen molar-refractivity contribution in [3.8, 4) is 0 Å². The van der Waals surface area contributed by atoms with Gasteiger partial charge in [0.25, 0.3) is 0 Å². The minimum Gasteiger partial charge on any atom is -0.268 e. The molecule has 0 saturated heterocycles. The van der Waals surface area contributed by atoms with E-state index in [-0.39, 0.29) is 5.59 Å². The predicted molar refractivity (Wildman–Crippen MR) is 61.7 cm³/mol. The second-order valence-electron chi connectivity index (χ2n) is 2.98. The van der Waals surface area contributed by atoms with E-state index in [9.17, 15) is 4.21 Å². The summed E-state index contributed by atoms with van der Waals surface area (Å²) >= 11 is 0. The quantitative estimate of drug-likeness (QED) is 0.591. The van der Waals surface area contributed by atoms with Gasteiger partial charge >= 0.3 is 0 Å². The Balaban J connectivity index is 2.32. The van der Waals surface area contributed by atoms with Crippen molar-refractivity contribution in [2.45, 2.75) is 10.1 Å². The summed E-state index contributed by atoms with van der Waals surface area (Å²) in [5.74, 6) is 0. The lowest BCUT2D eigenvalue weighted by molar-refractivity contribution is 0.677. The Hall–Kier alpha value is -1.49. The summed E-state index contributed by atoms with van der Waals surface area (Å²) in [6.45, 7) is 0. The number of hydrogen-bond donors (Lipinski definition) is 0. The van der Waals surface area contributed by atoms with Gasteiger partial charge in [0.15, 0.2) is 5.03 Å². The van der Waals surface area contributed by atoms with Gasteiger partial charge in [-0.15, -0.1) is 0 Å². The number of hydrogen-bond acceptors (Lipinski definition) is 4. The van der Waals surface area contributed by atoms with Crippen LogP contribution in [0.5, 0.6) is 0 Å². The maximum Gasteiger partial charge on any atom is 0.151 e. The first-order valence-electron chi connectivity index (χ1n) is 4.37. The third-order valence-corrected chi connectivity index (χ3v) is 3.00. The standard InChI is InChI=1S/C9H5B2N3OS/c10-6-1-2-8(13-3-6)16(15)9-5-12-7(11)4-14-9/h1-5H. The molecule has 2 aromatic heterocycles. The van der Waals surface area contributed by atoms with Crippen LogP contribution in [0.1, 0.15) is 0 Å². The topological polar surface area (TPSA) is 55.7 Å². The third kappa shape index (κ3) is 2.36. The first kappa shape index (κ1) is 11.0. The van der Waals surface area contributed by atoms with Crippen molar-refractivity contribution in [3.05, 3.63) is 30.7 Å². The molecule has 4 nitrogen and oxygen atoms in total. The fourth-order valence-corrected chi connectivity index (χ4v) is 1.88. The van der Waals surface area contributed by atoms with Crippen molar-refractivity contribution in [1.29, 1.82) is 0 Å². The van der Waals surface area contributed by atoms with Gasteiger partial charge < -0.3 is 0 Å². The average molecular weight is 225 g/mol. The Morgan fingerprint density at radius 1 is 0.938 bits per heavy atom. The third-order valence-electron chi connectivity index (χ3n) is 1.79. The van der Waals surface area contributed by atoms with Crippen molar-refractivity contribution in [2.75, 3.05) is 0 Å². The van der Waals surface area contributed by atoms with Crippen LogP contribution in [0, 0.1) is 0 Å². The van der Waals surface area contributed by atoms with E-state index in [0.717, 1.165) is 0 Å². The molecule has 0 amide bonds. The highest BCUT2D eigenvalue weighted by atomic mass is 32.2. The molecule has 74 valence electrons. The summed E-state index contributed by atoms with van der Waals surface area (Å²) in [6, 6.07) is 3.22. The Kier molecular flexibility index (Phi) is 3.14. The monoisotopic (exact) mass is 225 g/mol. The number of pyridine rings is 1. The second kappa shape index (κ2) is 4.57. The Morgan fingerprint density at radius 2 is 1.69 bits per heavy atom. The summed E-state index contributed by atoms with van der Waals surface area (Å²) in [5, 5.41) is 0.694. The maximum atomic E-state index is 11.9. The summed E-state index contributed by atoms with van der Waals surface area (Å²) in [5.41, 5.74) is 0.801. The molecular weight excluding hydrogens is 220 g/mol. The molecule has 1 unspecified atom stereocenters. The van der Waals surface area contributed by atoms with Crippen molar-refractivity contribution < 1.29 is 4.21 Å². The van der Waals surface area contributed by atoms with Crippen molar-refractivity contribution >= 4 is 37.5 Å². The highest BCUT2D eigenvalue weighted by molar-refractivity contribution is 7.84. The van der Waals surface area contributed by atoms with Crippen LogP contribution in [0.25, 0.3) is 0 Å².